The maximum absolute atomic E-state index is 12.7. The lowest BCUT2D eigenvalue weighted by Crippen LogP contribution is -2.43. The smallest absolute Gasteiger partial charge is 0.251 e. The van der Waals surface area contributed by atoms with Crippen molar-refractivity contribution in [2.75, 3.05) is 31.1 Å². The van der Waals surface area contributed by atoms with Crippen LogP contribution in [-0.2, 0) is 22.5 Å². The van der Waals surface area contributed by atoms with Crippen molar-refractivity contribution in [2.24, 2.45) is 0 Å². The molecular weight excluding hydrogens is 390 g/mol. The number of hydrogen-bond acceptors (Lipinski definition) is 6. The van der Waals surface area contributed by atoms with E-state index in [-0.39, 0.29) is 12.0 Å². The summed E-state index contributed by atoms with van der Waals surface area (Å²) in [5.41, 5.74) is 3.44. The van der Waals surface area contributed by atoms with E-state index in [0.717, 1.165) is 87.7 Å². The molecule has 7 heteroatoms. The molecule has 0 N–H and O–H groups in total. The molecule has 3 aliphatic heterocycles. The van der Waals surface area contributed by atoms with E-state index in [4.69, 9.17) is 14.7 Å². The first kappa shape index (κ1) is 20.4. The van der Waals surface area contributed by atoms with Gasteiger partial charge in [-0.1, -0.05) is 6.07 Å². The number of amides is 1. The zero-order chi connectivity index (χ0) is 21.2. The first-order chi connectivity index (χ1) is 15.2. The first-order valence-electron chi connectivity index (χ1n) is 11.6. The van der Waals surface area contributed by atoms with Gasteiger partial charge in [0.1, 0.15) is 17.7 Å². The number of anilines is 1. The van der Waals surface area contributed by atoms with Gasteiger partial charge in [0.25, 0.3) is 5.91 Å². The quantitative estimate of drug-likeness (QED) is 0.756. The van der Waals surface area contributed by atoms with E-state index in [0.29, 0.717) is 12.5 Å². The minimum atomic E-state index is -0.223. The third kappa shape index (κ3) is 4.28. The Hall–Kier alpha value is -2.54. The van der Waals surface area contributed by atoms with Gasteiger partial charge in [0.2, 0.25) is 0 Å². The molecule has 7 nitrogen and oxygen atoms in total. The number of aryl methyl sites for hydroxylation is 1. The van der Waals surface area contributed by atoms with Gasteiger partial charge in [0.05, 0.1) is 12.2 Å². The molecule has 0 spiro atoms. The molecule has 0 bridgehead atoms. The average molecular weight is 422 g/mol. The lowest BCUT2D eigenvalue weighted by molar-refractivity contribution is -0.142. The largest absolute Gasteiger partial charge is 0.368 e. The van der Waals surface area contributed by atoms with Crippen LogP contribution in [0.4, 0.5) is 5.82 Å². The lowest BCUT2D eigenvalue weighted by atomic mass is 9.94. The molecule has 2 fully saturated rings. The average Bonchev–Trinajstić information content (AvgIpc) is 3.35. The molecule has 2 aromatic heterocycles. The van der Waals surface area contributed by atoms with E-state index in [1.165, 1.54) is 5.56 Å². The number of aromatic nitrogens is 3. The van der Waals surface area contributed by atoms with E-state index in [1.54, 1.807) is 0 Å². The molecule has 5 heterocycles. The summed E-state index contributed by atoms with van der Waals surface area (Å²) in [6.07, 6.45) is 7.46. The molecule has 0 radical (unpaired) electrons. The van der Waals surface area contributed by atoms with Crippen molar-refractivity contribution in [1.29, 1.82) is 0 Å². The fourth-order valence-electron chi connectivity index (χ4n) is 5.07. The molecule has 0 saturated carbocycles. The Kier molecular flexibility index (Phi) is 5.85. The van der Waals surface area contributed by atoms with Crippen LogP contribution >= 0.6 is 0 Å². The Morgan fingerprint density at radius 2 is 2.00 bits per heavy atom. The normalized spacial score (nSPS) is 21.9. The van der Waals surface area contributed by atoms with Gasteiger partial charge in [-0.25, -0.2) is 9.97 Å². The summed E-state index contributed by atoms with van der Waals surface area (Å²) in [6, 6.07) is 6.06. The second-order valence-electron chi connectivity index (χ2n) is 8.92. The number of ether oxygens (including phenoxy) is 1. The molecule has 3 aliphatic rings. The number of nitrogens with zero attached hydrogens (tertiary/aromatic N) is 5. The summed E-state index contributed by atoms with van der Waals surface area (Å²) in [7, 11) is 0. The van der Waals surface area contributed by atoms with Crippen LogP contribution in [0, 0.1) is 6.92 Å². The van der Waals surface area contributed by atoms with E-state index in [9.17, 15) is 4.79 Å². The molecule has 1 amide bonds. The summed E-state index contributed by atoms with van der Waals surface area (Å²) in [4.78, 5) is 31.5. The molecule has 2 aromatic rings. The molecule has 5 rings (SSSR count). The van der Waals surface area contributed by atoms with Crippen LogP contribution in [0.1, 0.15) is 60.8 Å². The zero-order valence-electron chi connectivity index (χ0n) is 18.3. The summed E-state index contributed by atoms with van der Waals surface area (Å²) < 4.78 is 5.59. The highest BCUT2D eigenvalue weighted by Crippen LogP contribution is 2.33. The summed E-state index contributed by atoms with van der Waals surface area (Å²) >= 11 is 0. The molecular formula is C24H31N5O2. The molecule has 164 valence electrons. The van der Waals surface area contributed by atoms with Crippen molar-refractivity contribution in [1.82, 2.24) is 19.9 Å². The molecule has 0 aliphatic carbocycles. The Labute approximate surface area is 183 Å². The number of rotatable bonds is 4. The highest BCUT2D eigenvalue weighted by Gasteiger charge is 2.33. The van der Waals surface area contributed by atoms with Crippen LogP contribution in [0.5, 0.6) is 0 Å². The van der Waals surface area contributed by atoms with Crippen molar-refractivity contribution in [2.45, 2.75) is 64.0 Å². The zero-order valence-corrected chi connectivity index (χ0v) is 18.3. The van der Waals surface area contributed by atoms with Crippen molar-refractivity contribution < 1.29 is 9.53 Å². The molecule has 0 aromatic carbocycles. The third-order valence-corrected chi connectivity index (χ3v) is 6.82. The molecule has 2 saturated heterocycles. The number of carbonyl (C=O) groups is 1. The fourth-order valence-corrected chi connectivity index (χ4v) is 5.07. The van der Waals surface area contributed by atoms with E-state index in [2.05, 4.69) is 22.9 Å². The van der Waals surface area contributed by atoms with Crippen LogP contribution in [0.15, 0.2) is 24.4 Å². The summed E-state index contributed by atoms with van der Waals surface area (Å²) in [6.45, 7) is 6.13. The monoisotopic (exact) mass is 421 g/mol. The van der Waals surface area contributed by atoms with Crippen LogP contribution in [-0.4, -0.2) is 58.1 Å². The SMILES string of the molecule is Cc1nc(C2CCN(C(=O)[C@@H]3CCCO3)CC2)nc2c1CCCN2Cc1ccccn1. The van der Waals surface area contributed by atoms with Crippen LogP contribution in [0.25, 0.3) is 0 Å². The highest BCUT2D eigenvalue weighted by atomic mass is 16.5. The lowest BCUT2D eigenvalue weighted by Gasteiger charge is -2.34. The Balaban J connectivity index is 1.31. The second-order valence-corrected chi connectivity index (χ2v) is 8.92. The predicted octanol–water partition coefficient (Wildman–Crippen LogP) is 3.02. The van der Waals surface area contributed by atoms with Crippen LogP contribution in [0.2, 0.25) is 0 Å². The Morgan fingerprint density at radius 1 is 1.13 bits per heavy atom. The van der Waals surface area contributed by atoms with Crippen molar-refractivity contribution in [3.8, 4) is 0 Å². The summed E-state index contributed by atoms with van der Waals surface area (Å²) in [5, 5.41) is 0. The van der Waals surface area contributed by atoms with Crippen molar-refractivity contribution in [3.05, 3.63) is 47.2 Å². The van der Waals surface area contributed by atoms with Crippen molar-refractivity contribution >= 4 is 11.7 Å². The van der Waals surface area contributed by atoms with Gasteiger partial charge in [-0.05, 0) is 57.6 Å². The number of piperidine rings is 1. The van der Waals surface area contributed by atoms with Crippen LogP contribution < -0.4 is 4.90 Å². The van der Waals surface area contributed by atoms with E-state index >= 15 is 0 Å². The second kappa shape index (κ2) is 8.91. The third-order valence-electron chi connectivity index (χ3n) is 6.82. The maximum Gasteiger partial charge on any atom is 0.251 e. The highest BCUT2D eigenvalue weighted by molar-refractivity contribution is 5.81. The number of carbonyl (C=O) groups excluding carboxylic acids is 1. The number of hydrogen-bond donors (Lipinski definition) is 0. The van der Waals surface area contributed by atoms with E-state index < -0.39 is 0 Å². The Morgan fingerprint density at radius 3 is 2.74 bits per heavy atom. The maximum atomic E-state index is 12.7. The van der Waals surface area contributed by atoms with Gasteiger partial charge in [-0.15, -0.1) is 0 Å². The van der Waals surface area contributed by atoms with Gasteiger partial charge < -0.3 is 14.5 Å². The first-order valence-corrected chi connectivity index (χ1v) is 11.6. The number of likely N-dealkylation sites (tertiary alicyclic amines) is 1. The van der Waals surface area contributed by atoms with E-state index in [1.807, 2.05) is 23.2 Å². The van der Waals surface area contributed by atoms with Crippen molar-refractivity contribution in [3.63, 3.8) is 0 Å². The van der Waals surface area contributed by atoms with Gasteiger partial charge in [0, 0.05) is 49.6 Å². The molecule has 0 unspecified atom stereocenters. The summed E-state index contributed by atoms with van der Waals surface area (Å²) in [5.74, 6) is 2.49. The molecule has 31 heavy (non-hydrogen) atoms. The minimum Gasteiger partial charge on any atom is -0.368 e. The molecule has 1 atom stereocenters. The van der Waals surface area contributed by atoms with Gasteiger partial charge in [-0.3, -0.25) is 9.78 Å². The van der Waals surface area contributed by atoms with Gasteiger partial charge in [0.15, 0.2) is 0 Å². The number of pyridine rings is 1. The topological polar surface area (TPSA) is 71.5 Å². The van der Waals surface area contributed by atoms with Gasteiger partial charge in [-0.2, -0.15) is 0 Å². The predicted molar refractivity (Wildman–Crippen MR) is 118 cm³/mol. The minimum absolute atomic E-state index is 0.167. The Bertz CT molecular complexity index is 921. The standard InChI is InChI=1S/C24H31N5O2/c1-17-20-7-4-12-29(16-19-6-2-3-11-25-19)23(20)27-22(26-17)18-9-13-28(14-10-18)24(30)21-8-5-15-31-21/h2-3,6,11,18,21H,4-5,7-10,12-16H2,1H3/t21-/m0/s1. The fraction of sp³-hybridized carbons (Fsp3) is 0.583. The van der Waals surface area contributed by atoms with Gasteiger partial charge >= 0.3 is 0 Å². The number of fused-ring (bicyclic) bond motifs is 1. The van der Waals surface area contributed by atoms with Crippen LogP contribution in [0.3, 0.4) is 0 Å².